The van der Waals surface area contributed by atoms with E-state index in [0.29, 0.717) is 49.4 Å². The molecule has 0 saturated carbocycles. The zero-order chi connectivity index (χ0) is 26.7. The van der Waals surface area contributed by atoms with Crippen molar-refractivity contribution in [3.05, 3.63) is 73.8 Å². The smallest absolute Gasteiger partial charge is 0.341 e. The van der Waals surface area contributed by atoms with Crippen LogP contribution in [-0.4, -0.2) is 67.4 Å². The van der Waals surface area contributed by atoms with Gasteiger partial charge in [0.05, 0.1) is 43.0 Å². The van der Waals surface area contributed by atoms with Crippen molar-refractivity contribution in [1.82, 2.24) is 4.57 Å². The van der Waals surface area contributed by atoms with Crippen LogP contribution in [0.4, 0.5) is 10.1 Å². The van der Waals surface area contributed by atoms with E-state index in [1.54, 1.807) is 28.8 Å². The third-order valence-electron chi connectivity index (χ3n) is 6.77. The minimum absolute atomic E-state index is 0.0127. The van der Waals surface area contributed by atoms with Crippen LogP contribution in [0.5, 0.6) is 0 Å². The van der Waals surface area contributed by atoms with E-state index in [1.165, 1.54) is 13.3 Å². The fourth-order valence-electron chi connectivity index (χ4n) is 4.81. The number of methoxy groups -OCH3 is 1. The average Bonchev–Trinajstić information content (AvgIpc) is 2.90. The number of aromatic carboxylic acids is 1. The number of nitrogens with zero attached hydrogens (tertiary/aromatic N) is 2. The molecule has 0 radical (unpaired) electrons. The van der Waals surface area contributed by atoms with E-state index in [0.717, 1.165) is 11.3 Å². The first kappa shape index (κ1) is 27.1. The van der Waals surface area contributed by atoms with Gasteiger partial charge in [0.25, 0.3) is 0 Å². The predicted molar refractivity (Wildman–Crippen MR) is 140 cm³/mol. The molecule has 1 atom stereocenters. The van der Waals surface area contributed by atoms with Gasteiger partial charge in [-0.25, -0.2) is 9.18 Å². The molecule has 198 valence electrons. The summed E-state index contributed by atoms with van der Waals surface area (Å²) in [6.45, 7) is 4.24. The Morgan fingerprint density at radius 3 is 2.54 bits per heavy atom. The first-order valence-electron chi connectivity index (χ1n) is 12.1. The lowest BCUT2D eigenvalue weighted by molar-refractivity contribution is 0.0692. The van der Waals surface area contributed by atoms with Gasteiger partial charge in [-0.15, -0.1) is 0 Å². The van der Waals surface area contributed by atoms with Crippen LogP contribution >= 0.6 is 11.6 Å². The molecule has 1 fully saturated rings. The number of ether oxygens (including phenoxy) is 2. The number of halogens is 2. The Hall–Kier alpha value is -2.98. The van der Waals surface area contributed by atoms with E-state index >= 15 is 4.39 Å². The highest BCUT2D eigenvalue weighted by atomic mass is 35.5. The van der Waals surface area contributed by atoms with E-state index in [4.69, 9.17) is 21.1 Å². The molecule has 0 bridgehead atoms. The number of rotatable bonds is 9. The first-order valence-corrected chi connectivity index (χ1v) is 12.5. The minimum atomic E-state index is -1.37. The van der Waals surface area contributed by atoms with Gasteiger partial charge in [-0.2, -0.15) is 0 Å². The normalized spacial score (nSPS) is 14.8. The molecule has 1 aliphatic heterocycles. The molecule has 2 aromatic carbocycles. The van der Waals surface area contributed by atoms with Crippen LogP contribution in [0.1, 0.15) is 40.0 Å². The van der Waals surface area contributed by atoms with Crippen LogP contribution in [0.3, 0.4) is 0 Å². The molecule has 1 aliphatic rings. The van der Waals surface area contributed by atoms with Gasteiger partial charge in [0.2, 0.25) is 5.43 Å². The van der Waals surface area contributed by atoms with Crippen LogP contribution in [0.2, 0.25) is 5.02 Å². The summed E-state index contributed by atoms with van der Waals surface area (Å²) in [5.41, 5.74) is 2.16. The van der Waals surface area contributed by atoms with Gasteiger partial charge in [0.1, 0.15) is 11.4 Å². The maximum Gasteiger partial charge on any atom is 0.341 e. The van der Waals surface area contributed by atoms with Crippen LogP contribution in [0.15, 0.2) is 35.3 Å². The van der Waals surface area contributed by atoms with Crippen LogP contribution in [0.25, 0.3) is 10.9 Å². The lowest BCUT2D eigenvalue weighted by atomic mass is 9.94. The molecule has 1 aromatic heterocycles. The molecule has 37 heavy (non-hydrogen) atoms. The Morgan fingerprint density at radius 2 is 1.92 bits per heavy atom. The third-order valence-corrected chi connectivity index (χ3v) is 7.05. The van der Waals surface area contributed by atoms with Gasteiger partial charge in [-0.1, -0.05) is 18.5 Å². The molecular weight excluding hydrogens is 503 g/mol. The van der Waals surface area contributed by atoms with E-state index in [1.807, 2.05) is 6.92 Å². The van der Waals surface area contributed by atoms with Crippen molar-refractivity contribution in [2.75, 3.05) is 51.5 Å². The molecule has 3 aromatic rings. The Morgan fingerprint density at radius 1 is 1.19 bits per heavy atom. The number of anilines is 1. The molecule has 4 rings (SSSR count). The molecule has 1 saturated heterocycles. The fourth-order valence-corrected chi connectivity index (χ4v) is 5.05. The number of pyridine rings is 1. The molecule has 8 nitrogen and oxygen atoms in total. The molecule has 2 N–H and O–H groups in total. The zero-order valence-electron chi connectivity index (χ0n) is 20.8. The number of carboxylic acids is 1. The topological polar surface area (TPSA) is 101 Å². The Kier molecular flexibility index (Phi) is 8.49. The standard InChI is InChI=1S/C27H30ClFN2O6/c1-3-16-11-24-21(26(33)22(27(34)35)13-31(24)20(14-32)15-36-2)10-17(16)8-18-9-19(12-23(28)25(18)29)30-4-6-37-7-5-30/h9-13,20,32H,3-8,14-15H2,1-2H3,(H,34,35). The molecule has 1 unspecified atom stereocenters. The molecule has 0 spiro atoms. The SMILES string of the molecule is CCc1cc2c(cc1Cc1cc(N3CCOCC3)cc(Cl)c1F)c(=O)c(C(=O)O)cn2C(CO)COC. The highest BCUT2D eigenvalue weighted by molar-refractivity contribution is 6.31. The van der Waals surface area contributed by atoms with E-state index in [-0.39, 0.29) is 30.0 Å². The lowest BCUT2D eigenvalue weighted by Gasteiger charge is -2.29. The van der Waals surface area contributed by atoms with E-state index < -0.39 is 28.8 Å². The number of benzene rings is 2. The summed E-state index contributed by atoms with van der Waals surface area (Å²) in [5.74, 6) is -1.90. The summed E-state index contributed by atoms with van der Waals surface area (Å²) >= 11 is 6.27. The largest absolute Gasteiger partial charge is 0.477 e. The first-order chi connectivity index (χ1) is 17.8. The Balaban J connectivity index is 1.87. The minimum Gasteiger partial charge on any atom is -0.477 e. The van der Waals surface area contributed by atoms with Crippen molar-refractivity contribution in [3.63, 3.8) is 0 Å². The maximum absolute atomic E-state index is 15.2. The van der Waals surface area contributed by atoms with Crippen molar-refractivity contribution in [2.45, 2.75) is 25.8 Å². The van der Waals surface area contributed by atoms with Crippen LogP contribution < -0.4 is 10.3 Å². The summed E-state index contributed by atoms with van der Waals surface area (Å²) in [7, 11) is 1.48. The molecule has 0 amide bonds. The van der Waals surface area contributed by atoms with Crippen molar-refractivity contribution in [2.24, 2.45) is 0 Å². The fraction of sp³-hybridized carbons (Fsp3) is 0.407. The number of hydrogen-bond acceptors (Lipinski definition) is 6. The van der Waals surface area contributed by atoms with Crippen molar-refractivity contribution in [1.29, 1.82) is 0 Å². The molecule has 2 heterocycles. The second-order valence-electron chi connectivity index (χ2n) is 9.04. The number of fused-ring (bicyclic) bond motifs is 1. The zero-order valence-corrected chi connectivity index (χ0v) is 21.6. The summed E-state index contributed by atoms with van der Waals surface area (Å²) < 4.78 is 27.4. The van der Waals surface area contributed by atoms with Gasteiger partial charge < -0.3 is 29.2 Å². The second kappa shape index (κ2) is 11.6. The number of aliphatic hydroxyl groups is 1. The summed E-state index contributed by atoms with van der Waals surface area (Å²) in [6.07, 6.45) is 2.01. The van der Waals surface area contributed by atoms with E-state index in [2.05, 4.69) is 4.90 Å². The van der Waals surface area contributed by atoms with Crippen molar-refractivity contribution in [3.8, 4) is 0 Å². The van der Waals surface area contributed by atoms with Crippen molar-refractivity contribution >= 4 is 34.2 Å². The summed E-state index contributed by atoms with van der Waals surface area (Å²) in [4.78, 5) is 27.1. The summed E-state index contributed by atoms with van der Waals surface area (Å²) in [6, 6.07) is 6.22. The number of carboxylic acid groups (broad SMARTS) is 1. The van der Waals surface area contributed by atoms with E-state index in [9.17, 15) is 19.8 Å². The second-order valence-corrected chi connectivity index (χ2v) is 9.45. The third kappa shape index (κ3) is 5.50. The quantitative estimate of drug-likeness (QED) is 0.433. The van der Waals surface area contributed by atoms with Gasteiger partial charge in [-0.3, -0.25) is 4.79 Å². The lowest BCUT2D eigenvalue weighted by Crippen LogP contribution is -2.36. The number of hydrogen-bond donors (Lipinski definition) is 2. The molecule has 0 aliphatic carbocycles. The number of aromatic nitrogens is 1. The van der Waals surface area contributed by atoms with Gasteiger partial charge in [0.15, 0.2) is 0 Å². The predicted octanol–water partition coefficient (Wildman–Crippen LogP) is 3.66. The van der Waals surface area contributed by atoms with Gasteiger partial charge in [0, 0.05) is 43.9 Å². The Bertz CT molecular complexity index is 1370. The van der Waals surface area contributed by atoms with Crippen LogP contribution in [-0.2, 0) is 22.3 Å². The number of aryl methyl sites for hydroxylation is 1. The monoisotopic (exact) mass is 532 g/mol. The van der Waals surface area contributed by atoms with Crippen molar-refractivity contribution < 1.29 is 28.9 Å². The molecular formula is C27H30ClFN2O6. The van der Waals surface area contributed by atoms with Crippen LogP contribution in [0, 0.1) is 5.82 Å². The number of morpholine rings is 1. The maximum atomic E-state index is 15.2. The average molecular weight is 533 g/mol. The highest BCUT2D eigenvalue weighted by Gasteiger charge is 2.22. The highest BCUT2D eigenvalue weighted by Crippen LogP contribution is 2.31. The number of aliphatic hydroxyl groups excluding tert-OH is 1. The Labute approximate surface area is 218 Å². The van der Waals surface area contributed by atoms with Gasteiger partial charge in [-0.05, 0) is 47.4 Å². The summed E-state index contributed by atoms with van der Waals surface area (Å²) in [5, 5.41) is 19.8. The molecule has 10 heteroatoms. The number of carbonyl (C=O) groups is 1. The van der Waals surface area contributed by atoms with Gasteiger partial charge >= 0.3 is 5.97 Å².